The molecule has 1 aliphatic carbocycles. The lowest BCUT2D eigenvalue weighted by Crippen LogP contribution is -2.11. The molecule has 0 saturated heterocycles. The van der Waals surface area contributed by atoms with Gasteiger partial charge in [-0.05, 0) is 30.5 Å². The summed E-state index contributed by atoms with van der Waals surface area (Å²) >= 11 is 5.28. The first-order valence-electron chi connectivity index (χ1n) is 4.85. The van der Waals surface area contributed by atoms with Crippen LogP contribution in [0.5, 0.6) is 0 Å². The molecule has 1 aliphatic rings. The van der Waals surface area contributed by atoms with Gasteiger partial charge in [-0.25, -0.2) is 0 Å². The van der Waals surface area contributed by atoms with Gasteiger partial charge in [-0.2, -0.15) is 0 Å². The first-order chi connectivity index (χ1) is 7.15. The van der Waals surface area contributed by atoms with Crippen molar-refractivity contribution in [1.82, 2.24) is 0 Å². The Morgan fingerprint density at radius 2 is 2.40 bits per heavy atom. The summed E-state index contributed by atoms with van der Waals surface area (Å²) in [6, 6.07) is 8.23. The summed E-state index contributed by atoms with van der Waals surface area (Å²) in [5, 5.41) is 0.576. The van der Waals surface area contributed by atoms with E-state index in [0.29, 0.717) is 17.6 Å². The molecule has 1 fully saturated rings. The highest BCUT2D eigenvalue weighted by atomic mass is 79.9. The van der Waals surface area contributed by atoms with Crippen LogP contribution in [0.4, 0.5) is 0 Å². The molecule has 0 spiro atoms. The Hall–Kier alpha value is -0.480. The van der Waals surface area contributed by atoms with Crippen LogP contribution in [0.2, 0.25) is 0 Å². The fourth-order valence-corrected chi connectivity index (χ4v) is 3.44. The molecule has 80 valence electrons. The average molecular weight is 286 g/mol. The summed E-state index contributed by atoms with van der Waals surface area (Å²) in [6.45, 7) is 0. The molecule has 1 amide bonds. The van der Waals surface area contributed by atoms with E-state index in [1.165, 1.54) is 4.90 Å². The van der Waals surface area contributed by atoms with Crippen LogP contribution in [-0.4, -0.2) is 11.2 Å². The quantitative estimate of drug-likeness (QED) is 0.925. The summed E-state index contributed by atoms with van der Waals surface area (Å²) in [4.78, 5) is 12.0. The fraction of sp³-hybridized carbons (Fsp3) is 0.364. The van der Waals surface area contributed by atoms with Crippen molar-refractivity contribution in [2.75, 3.05) is 0 Å². The molecule has 0 bridgehead atoms. The van der Waals surface area contributed by atoms with Crippen molar-refractivity contribution in [3.8, 4) is 0 Å². The molecular formula is C11H12BrNOS. The van der Waals surface area contributed by atoms with Crippen LogP contribution in [0.25, 0.3) is 0 Å². The molecule has 0 aromatic heterocycles. The molecule has 0 heterocycles. The van der Waals surface area contributed by atoms with Crippen molar-refractivity contribution in [3.63, 3.8) is 0 Å². The van der Waals surface area contributed by atoms with E-state index in [9.17, 15) is 4.79 Å². The van der Waals surface area contributed by atoms with E-state index in [1.807, 2.05) is 23.9 Å². The van der Waals surface area contributed by atoms with Crippen LogP contribution in [0.15, 0.2) is 33.6 Å². The van der Waals surface area contributed by atoms with E-state index in [1.54, 1.807) is 0 Å². The van der Waals surface area contributed by atoms with E-state index >= 15 is 0 Å². The normalized spacial score (nSPS) is 23.8. The third-order valence-corrected chi connectivity index (χ3v) is 4.30. The molecule has 1 aromatic carbocycles. The number of carbonyl (C=O) groups excluding carboxylic acids is 1. The van der Waals surface area contributed by atoms with Gasteiger partial charge < -0.3 is 5.73 Å². The molecule has 2 rings (SSSR count). The number of primary amides is 1. The lowest BCUT2D eigenvalue weighted by Gasteiger charge is -2.00. The summed E-state index contributed by atoms with van der Waals surface area (Å²) < 4.78 is 1.10. The number of benzene rings is 1. The molecule has 0 radical (unpaired) electrons. The van der Waals surface area contributed by atoms with Gasteiger partial charge in [0.25, 0.3) is 0 Å². The molecule has 15 heavy (non-hydrogen) atoms. The zero-order valence-electron chi connectivity index (χ0n) is 8.15. The number of hydrogen-bond donors (Lipinski definition) is 1. The van der Waals surface area contributed by atoms with E-state index in [2.05, 4.69) is 28.1 Å². The highest BCUT2D eigenvalue weighted by Crippen LogP contribution is 2.47. The van der Waals surface area contributed by atoms with Gasteiger partial charge in [0.1, 0.15) is 0 Å². The number of halogens is 1. The predicted molar refractivity (Wildman–Crippen MR) is 65.7 cm³/mol. The van der Waals surface area contributed by atoms with E-state index in [4.69, 9.17) is 5.73 Å². The van der Waals surface area contributed by atoms with Crippen LogP contribution in [-0.2, 0) is 4.79 Å². The topological polar surface area (TPSA) is 43.1 Å². The van der Waals surface area contributed by atoms with Gasteiger partial charge >= 0.3 is 0 Å². The van der Waals surface area contributed by atoms with E-state index in [-0.39, 0.29) is 5.91 Å². The number of hydrogen-bond acceptors (Lipinski definition) is 2. The second-order valence-electron chi connectivity index (χ2n) is 3.78. The van der Waals surface area contributed by atoms with Crippen molar-refractivity contribution in [2.24, 2.45) is 11.7 Å². The third-order valence-electron chi connectivity index (χ3n) is 2.40. The predicted octanol–water partition coefficient (Wildman–Crippen LogP) is 2.81. The first-order valence-corrected chi connectivity index (χ1v) is 6.53. The molecule has 2 nitrogen and oxygen atoms in total. The van der Waals surface area contributed by atoms with Crippen LogP contribution in [0.3, 0.4) is 0 Å². The maximum Gasteiger partial charge on any atom is 0.217 e. The lowest BCUT2D eigenvalue weighted by molar-refractivity contribution is -0.118. The van der Waals surface area contributed by atoms with Crippen LogP contribution < -0.4 is 5.73 Å². The zero-order valence-corrected chi connectivity index (χ0v) is 10.6. The Balaban J connectivity index is 1.87. The van der Waals surface area contributed by atoms with Crippen LogP contribution in [0.1, 0.15) is 12.8 Å². The van der Waals surface area contributed by atoms with Gasteiger partial charge in [-0.1, -0.05) is 22.0 Å². The second-order valence-corrected chi connectivity index (χ2v) is 6.01. The zero-order chi connectivity index (χ0) is 10.8. The van der Waals surface area contributed by atoms with Gasteiger partial charge in [0.2, 0.25) is 5.91 Å². The molecule has 2 atom stereocenters. The number of amides is 1. The molecular weight excluding hydrogens is 274 g/mol. The van der Waals surface area contributed by atoms with Crippen molar-refractivity contribution >= 4 is 33.6 Å². The Morgan fingerprint density at radius 1 is 1.60 bits per heavy atom. The molecule has 2 N–H and O–H groups in total. The van der Waals surface area contributed by atoms with Gasteiger partial charge in [0, 0.05) is 21.0 Å². The molecule has 1 aromatic rings. The number of nitrogens with two attached hydrogens (primary N) is 1. The Labute approximate surface area is 102 Å². The van der Waals surface area contributed by atoms with Crippen molar-refractivity contribution in [1.29, 1.82) is 0 Å². The summed E-state index contributed by atoms with van der Waals surface area (Å²) in [7, 11) is 0. The van der Waals surface area contributed by atoms with Gasteiger partial charge in [0.15, 0.2) is 0 Å². The van der Waals surface area contributed by atoms with Crippen molar-refractivity contribution in [2.45, 2.75) is 23.0 Å². The Kier molecular flexibility index (Phi) is 3.36. The fourth-order valence-electron chi connectivity index (χ4n) is 1.55. The highest BCUT2D eigenvalue weighted by molar-refractivity contribution is 9.10. The van der Waals surface area contributed by atoms with Crippen LogP contribution >= 0.6 is 27.7 Å². The van der Waals surface area contributed by atoms with Gasteiger partial charge in [0.05, 0.1) is 0 Å². The minimum absolute atomic E-state index is 0.183. The Morgan fingerprint density at radius 3 is 3.07 bits per heavy atom. The van der Waals surface area contributed by atoms with Gasteiger partial charge in [-0.3, -0.25) is 4.79 Å². The lowest BCUT2D eigenvalue weighted by atomic mass is 10.3. The standard InChI is InChI=1S/C11H12BrNOS/c12-8-2-1-3-9(6-8)15-10-4-7(10)5-11(13)14/h1-3,6-7,10H,4-5H2,(H2,13,14). The molecule has 2 unspecified atom stereocenters. The molecule has 1 saturated carbocycles. The van der Waals surface area contributed by atoms with E-state index in [0.717, 1.165) is 10.9 Å². The van der Waals surface area contributed by atoms with E-state index < -0.39 is 0 Å². The summed E-state index contributed by atoms with van der Waals surface area (Å²) in [5.41, 5.74) is 5.16. The SMILES string of the molecule is NC(=O)CC1CC1Sc1cccc(Br)c1. The monoisotopic (exact) mass is 285 g/mol. The first kappa shape index (κ1) is 11.0. The molecule has 0 aliphatic heterocycles. The van der Waals surface area contributed by atoms with Crippen molar-refractivity contribution < 1.29 is 4.79 Å². The smallest absolute Gasteiger partial charge is 0.217 e. The number of rotatable bonds is 4. The highest BCUT2D eigenvalue weighted by Gasteiger charge is 2.38. The summed E-state index contributed by atoms with van der Waals surface area (Å²) in [6.07, 6.45) is 1.64. The third kappa shape index (κ3) is 3.24. The summed E-state index contributed by atoms with van der Waals surface area (Å²) in [5.74, 6) is 0.309. The van der Waals surface area contributed by atoms with Crippen LogP contribution in [0, 0.1) is 5.92 Å². The second kappa shape index (κ2) is 4.58. The minimum atomic E-state index is -0.183. The minimum Gasteiger partial charge on any atom is -0.370 e. The average Bonchev–Trinajstić information content (AvgIpc) is 2.82. The maximum atomic E-state index is 10.7. The number of carbonyl (C=O) groups is 1. The number of thioether (sulfide) groups is 1. The van der Waals surface area contributed by atoms with Crippen molar-refractivity contribution in [3.05, 3.63) is 28.7 Å². The van der Waals surface area contributed by atoms with Gasteiger partial charge in [-0.15, -0.1) is 11.8 Å². The Bertz CT molecular complexity index is 383. The maximum absolute atomic E-state index is 10.7. The largest absolute Gasteiger partial charge is 0.370 e. The molecule has 4 heteroatoms.